The first-order valence-corrected chi connectivity index (χ1v) is 8.93. The average Bonchev–Trinajstić information content (AvgIpc) is 2.78. The quantitative estimate of drug-likeness (QED) is 0.840. The van der Waals surface area contributed by atoms with Crippen LogP contribution in [-0.4, -0.2) is 55.3 Å². The third-order valence-electron chi connectivity index (χ3n) is 3.43. The molecule has 0 radical (unpaired) electrons. The zero-order valence-corrected chi connectivity index (χ0v) is 13.7. The van der Waals surface area contributed by atoms with Crippen LogP contribution in [-0.2, 0) is 9.84 Å². The van der Waals surface area contributed by atoms with E-state index in [-0.39, 0.29) is 29.6 Å². The van der Waals surface area contributed by atoms with Gasteiger partial charge in [-0.2, -0.15) is 0 Å². The van der Waals surface area contributed by atoms with Crippen LogP contribution in [0.2, 0.25) is 0 Å². The van der Waals surface area contributed by atoms with Gasteiger partial charge in [0.15, 0.2) is 21.5 Å². The molecule has 9 heteroatoms. The minimum absolute atomic E-state index is 0.0303. The van der Waals surface area contributed by atoms with Gasteiger partial charge in [-0.3, -0.25) is 5.32 Å². The predicted octanol–water partition coefficient (Wildman–Crippen LogP) is 0.630. The second-order valence-electron chi connectivity index (χ2n) is 5.70. The van der Waals surface area contributed by atoms with Gasteiger partial charge in [-0.05, 0) is 32.4 Å². The lowest BCUT2D eigenvalue weighted by molar-refractivity contribution is 0.250. The number of hydrogen-bond donors (Lipinski definition) is 2. The summed E-state index contributed by atoms with van der Waals surface area (Å²) in [5.74, 6) is 1.28. The van der Waals surface area contributed by atoms with Crippen LogP contribution in [0.4, 0.5) is 16.4 Å². The van der Waals surface area contributed by atoms with Crippen molar-refractivity contribution in [2.75, 3.05) is 28.8 Å². The van der Waals surface area contributed by atoms with E-state index in [2.05, 4.69) is 20.8 Å². The van der Waals surface area contributed by atoms with E-state index in [1.54, 1.807) is 19.2 Å². The molecule has 1 aliphatic rings. The van der Waals surface area contributed by atoms with Gasteiger partial charge in [0.05, 0.1) is 11.5 Å². The highest BCUT2D eigenvalue weighted by molar-refractivity contribution is 7.91. The Balaban J connectivity index is 1.98. The number of amides is 2. The van der Waals surface area contributed by atoms with E-state index < -0.39 is 9.84 Å². The smallest absolute Gasteiger partial charge is 0.320 e. The van der Waals surface area contributed by atoms with Crippen LogP contribution < -0.4 is 15.5 Å². The molecular formula is C13H21N5O3S. The highest BCUT2D eigenvalue weighted by Gasteiger charge is 2.31. The van der Waals surface area contributed by atoms with Crippen LogP contribution in [0.15, 0.2) is 12.1 Å². The third kappa shape index (κ3) is 4.30. The predicted molar refractivity (Wildman–Crippen MR) is 84.8 cm³/mol. The maximum atomic E-state index is 11.6. The number of rotatable bonds is 4. The first kappa shape index (κ1) is 16.5. The van der Waals surface area contributed by atoms with Crippen molar-refractivity contribution in [2.24, 2.45) is 0 Å². The molecule has 1 atom stereocenters. The van der Waals surface area contributed by atoms with E-state index in [1.165, 1.54) is 0 Å². The Morgan fingerprint density at radius 2 is 2.09 bits per heavy atom. The first-order chi connectivity index (χ1) is 10.3. The summed E-state index contributed by atoms with van der Waals surface area (Å²) in [5, 5.41) is 13.3. The summed E-state index contributed by atoms with van der Waals surface area (Å²) < 4.78 is 23.0. The van der Waals surface area contributed by atoms with Crippen LogP contribution in [0.5, 0.6) is 0 Å². The number of carbonyl (C=O) groups is 1. The van der Waals surface area contributed by atoms with Gasteiger partial charge in [-0.1, -0.05) is 0 Å². The van der Waals surface area contributed by atoms with Crippen molar-refractivity contribution >= 4 is 27.5 Å². The van der Waals surface area contributed by atoms with Crippen LogP contribution in [0.1, 0.15) is 20.3 Å². The molecule has 1 aromatic heterocycles. The monoisotopic (exact) mass is 327 g/mol. The molecule has 2 heterocycles. The lowest BCUT2D eigenvalue weighted by atomic mass is 10.2. The number of nitrogens with one attached hydrogen (secondary N) is 2. The number of nitrogens with zero attached hydrogens (tertiary/aromatic N) is 3. The molecular weight excluding hydrogens is 306 g/mol. The fourth-order valence-corrected chi connectivity index (χ4v) is 4.04. The van der Waals surface area contributed by atoms with E-state index in [0.29, 0.717) is 18.1 Å². The molecule has 2 rings (SSSR count). The number of hydrogen-bond acceptors (Lipinski definition) is 6. The number of anilines is 2. The largest absolute Gasteiger partial charge is 0.354 e. The molecule has 2 amide bonds. The number of aromatic nitrogens is 2. The standard InChI is InChI=1S/C13H21N5O3S/c1-9(2)14-13(19)15-11-4-5-12(17-16-11)18(3)10-6-7-22(20,21)8-10/h4-5,9-10H,6-8H2,1-3H3,(H2,14,15,16,19). The molecule has 1 fully saturated rings. The van der Waals surface area contributed by atoms with E-state index in [1.807, 2.05) is 18.7 Å². The highest BCUT2D eigenvalue weighted by Crippen LogP contribution is 2.21. The minimum atomic E-state index is -2.94. The summed E-state index contributed by atoms with van der Waals surface area (Å²) in [6.07, 6.45) is 0.595. The summed E-state index contributed by atoms with van der Waals surface area (Å²) >= 11 is 0. The number of sulfone groups is 1. The summed E-state index contributed by atoms with van der Waals surface area (Å²) in [4.78, 5) is 13.4. The van der Waals surface area contributed by atoms with E-state index >= 15 is 0 Å². The minimum Gasteiger partial charge on any atom is -0.354 e. The van der Waals surface area contributed by atoms with Gasteiger partial charge < -0.3 is 10.2 Å². The Morgan fingerprint density at radius 1 is 1.36 bits per heavy atom. The van der Waals surface area contributed by atoms with Crippen molar-refractivity contribution in [1.29, 1.82) is 0 Å². The molecule has 2 N–H and O–H groups in total. The Labute approximate surface area is 130 Å². The molecule has 0 aliphatic carbocycles. The van der Waals surface area contributed by atoms with Crippen molar-refractivity contribution in [3.8, 4) is 0 Å². The van der Waals surface area contributed by atoms with E-state index in [0.717, 1.165) is 0 Å². The van der Waals surface area contributed by atoms with E-state index in [9.17, 15) is 13.2 Å². The van der Waals surface area contributed by atoms with Gasteiger partial charge in [0.25, 0.3) is 0 Å². The molecule has 1 aromatic rings. The Morgan fingerprint density at radius 3 is 2.59 bits per heavy atom. The Bertz CT molecular complexity index is 630. The van der Waals surface area contributed by atoms with Gasteiger partial charge >= 0.3 is 6.03 Å². The van der Waals surface area contributed by atoms with E-state index in [4.69, 9.17) is 0 Å². The zero-order valence-electron chi connectivity index (χ0n) is 12.9. The van der Waals surface area contributed by atoms with Crippen LogP contribution >= 0.6 is 0 Å². The summed E-state index contributed by atoms with van der Waals surface area (Å²) in [5.41, 5.74) is 0. The zero-order chi connectivity index (χ0) is 16.3. The molecule has 1 unspecified atom stereocenters. The number of urea groups is 1. The van der Waals surface area contributed by atoms with Gasteiger partial charge in [0.2, 0.25) is 0 Å². The van der Waals surface area contributed by atoms with Gasteiger partial charge in [-0.25, -0.2) is 13.2 Å². The van der Waals surface area contributed by atoms with Crippen molar-refractivity contribution in [3.63, 3.8) is 0 Å². The van der Waals surface area contributed by atoms with Crippen LogP contribution in [0.3, 0.4) is 0 Å². The molecule has 0 saturated carbocycles. The molecule has 0 bridgehead atoms. The van der Waals surface area contributed by atoms with Crippen molar-refractivity contribution < 1.29 is 13.2 Å². The van der Waals surface area contributed by atoms with Gasteiger partial charge in [0.1, 0.15) is 0 Å². The Hall–Kier alpha value is -1.90. The maximum Gasteiger partial charge on any atom is 0.320 e. The van der Waals surface area contributed by atoms with Crippen molar-refractivity contribution in [1.82, 2.24) is 15.5 Å². The molecule has 22 heavy (non-hydrogen) atoms. The molecule has 8 nitrogen and oxygen atoms in total. The second kappa shape index (κ2) is 6.47. The molecule has 122 valence electrons. The molecule has 1 saturated heterocycles. The normalized spacial score (nSPS) is 19.9. The van der Waals surface area contributed by atoms with Gasteiger partial charge in [0, 0.05) is 19.1 Å². The molecule has 0 spiro atoms. The maximum absolute atomic E-state index is 11.6. The lowest BCUT2D eigenvalue weighted by Gasteiger charge is -2.23. The summed E-state index contributed by atoms with van der Waals surface area (Å²) in [7, 11) is -1.14. The fourth-order valence-electron chi connectivity index (χ4n) is 2.26. The summed E-state index contributed by atoms with van der Waals surface area (Å²) in [6.45, 7) is 3.72. The second-order valence-corrected chi connectivity index (χ2v) is 7.93. The van der Waals surface area contributed by atoms with Crippen molar-refractivity contribution in [2.45, 2.75) is 32.4 Å². The van der Waals surface area contributed by atoms with Gasteiger partial charge in [-0.15, -0.1) is 10.2 Å². The molecule has 1 aliphatic heterocycles. The first-order valence-electron chi connectivity index (χ1n) is 7.11. The lowest BCUT2D eigenvalue weighted by Crippen LogP contribution is -2.35. The van der Waals surface area contributed by atoms with Crippen molar-refractivity contribution in [3.05, 3.63) is 12.1 Å². The molecule has 0 aromatic carbocycles. The topological polar surface area (TPSA) is 104 Å². The highest BCUT2D eigenvalue weighted by atomic mass is 32.2. The SMILES string of the molecule is CC(C)NC(=O)Nc1ccc(N(C)C2CCS(=O)(=O)C2)nn1. The van der Waals surface area contributed by atoms with Crippen LogP contribution in [0.25, 0.3) is 0 Å². The summed E-state index contributed by atoms with van der Waals surface area (Å²) in [6, 6.07) is 2.96. The third-order valence-corrected chi connectivity index (χ3v) is 5.18. The number of carbonyl (C=O) groups excluding carboxylic acids is 1. The average molecular weight is 327 g/mol. The fraction of sp³-hybridized carbons (Fsp3) is 0.615. The Kier molecular flexibility index (Phi) is 4.84. The van der Waals surface area contributed by atoms with Crippen LogP contribution in [0, 0.1) is 0 Å².